The van der Waals surface area contributed by atoms with Gasteiger partial charge in [0.15, 0.2) is 0 Å². The van der Waals surface area contributed by atoms with E-state index in [0.29, 0.717) is 23.7 Å². The summed E-state index contributed by atoms with van der Waals surface area (Å²) in [5.41, 5.74) is 1.57. The first-order valence-electron chi connectivity index (χ1n) is 7.97. The zero-order valence-electron chi connectivity index (χ0n) is 14.7. The van der Waals surface area contributed by atoms with Crippen LogP contribution in [0.25, 0.3) is 0 Å². The van der Waals surface area contributed by atoms with Crippen LogP contribution >= 0.6 is 36.4 Å². The van der Waals surface area contributed by atoms with Crippen molar-refractivity contribution >= 4 is 48.1 Å². The molecule has 1 aliphatic rings. The molecule has 142 valence electrons. The summed E-state index contributed by atoms with van der Waals surface area (Å²) in [5.74, 6) is 0.814. The molecule has 0 spiro atoms. The molecule has 8 heteroatoms. The van der Waals surface area contributed by atoms with E-state index in [9.17, 15) is 4.79 Å². The van der Waals surface area contributed by atoms with Gasteiger partial charge in [0.05, 0.1) is 11.6 Å². The van der Waals surface area contributed by atoms with Crippen molar-refractivity contribution in [3.63, 3.8) is 0 Å². The number of anilines is 1. The molecule has 1 amide bonds. The van der Waals surface area contributed by atoms with Crippen LogP contribution in [0.2, 0.25) is 5.02 Å². The second-order valence-electron chi connectivity index (χ2n) is 6.04. The predicted octanol–water partition coefficient (Wildman–Crippen LogP) is 3.43. The predicted molar refractivity (Wildman–Crippen MR) is 111 cm³/mol. The number of amides is 1. The summed E-state index contributed by atoms with van der Waals surface area (Å²) in [7, 11) is 3.85. The summed E-state index contributed by atoms with van der Waals surface area (Å²) in [4.78, 5) is 21.1. The van der Waals surface area contributed by atoms with E-state index in [1.54, 1.807) is 6.20 Å². The van der Waals surface area contributed by atoms with Crippen LogP contribution in [0.3, 0.4) is 0 Å². The largest absolute Gasteiger partial charge is 0.363 e. The van der Waals surface area contributed by atoms with Crippen molar-refractivity contribution in [2.45, 2.75) is 6.04 Å². The van der Waals surface area contributed by atoms with Crippen molar-refractivity contribution in [1.82, 2.24) is 15.2 Å². The molecule has 1 N–H and O–H groups in total. The van der Waals surface area contributed by atoms with E-state index in [-0.39, 0.29) is 36.8 Å². The highest BCUT2D eigenvalue weighted by Gasteiger charge is 2.29. The molecule has 2 aromatic rings. The smallest absolute Gasteiger partial charge is 0.256 e. The molecule has 0 aliphatic carbocycles. The minimum atomic E-state index is -0.0755. The van der Waals surface area contributed by atoms with Gasteiger partial charge in [-0.15, -0.1) is 24.8 Å². The molecule has 1 fully saturated rings. The lowest BCUT2D eigenvalue weighted by Crippen LogP contribution is -2.48. The van der Waals surface area contributed by atoms with Gasteiger partial charge in [-0.3, -0.25) is 4.79 Å². The van der Waals surface area contributed by atoms with Crippen LogP contribution in [0.1, 0.15) is 22.0 Å². The van der Waals surface area contributed by atoms with Crippen molar-refractivity contribution in [1.29, 1.82) is 0 Å². The number of nitrogens with one attached hydrogen (secondary N) is 1. The molecule has 1 aromatic carbocycles. The first-order chi connectivity index (χ1) is 11.6. The van der Waals surface area contributed by atoms with E-state index >= 15 is 0 Å². The van der Waals surface area contributed by atoms with Crippen LogP contribution in [0.4, 0.5) is 5.82 Å². The number of aromatic nitrogens is 1. The molecule has 3 rings (SSSR count). The van der Waals surface area contributed by atoms with Gasteiger partial charge in [0.25, 0.3) is 5.91 Å². The number of pyridine rings is 1. The van der Waals surface area contributed by atoms with Crippen molar-refractivity contribution in [2.75, 3.05) is 38.6 Å². The molecular weight excluding hydrogens is 395 g/mol. The SMILES string of the molecule is CN(C)c1ccc(C(=O)N2CCNCC2c2ccccc2Cl)cn1.Cl.Cl. The quantitative estimate of drug-likeness (QED) is 0.831. The maximum Gasteiger partial charge on any atom is 0.256 e. The summed E-state index contributed by atoms with van der Waals surface area (Å²) in [6.07, 6.45) is 1.64. The Labute approximate surface area is 171 Å². The Kier molecular flexibility index (Phi) is 8.63. The lowest BCUT2D eigenvalue weighted by molar-refractivity contribution is 0.0634. The summed E-state index contributed by atoms with van der Waals surface area (Å²) < 4.78 is 0. The maximum atomic E-state index is 13.0. The molecule has 26 heavy (non-hydrogen) atoms. The van der Waals surface area contributed by atoms with Crippen LogP contribution in [0.5, 0.6) is 0 Å². The topological polar surface area (TPSA) is 48.5 Å². The van der Waals surface area contributed by atoms with Gasteiger partial charge in [0, 0.05) is 44.9 Å². The summed E-state index contributed by atoms with van der Waals surface area (Å²) in [6.45, 7) is 2.11. The van der Waals surface area contributed by atoms with Crippen LogP contribution in [0, 0.1) is 0 Å². The Balaban J connectivity index is 0.00000169. The Bertz CT molecular complexity index is 725. The average molecular weight is 418 g/mol. The fourth-order valence-electron chi connectivity index (χ4n) is 2.91. The molecule has 1 unspecified atom stereocenters. The number of carbonyl (C=O) groups excluding carboxylic acids is 1. The maximum absolute atomic E-state index is 13.0. The van der Waals surface area contributed by atoms with E-state index in [1.807, 2.05) is 60.3 Å². The van der Waals surface area contributed by atoms with Gasteiger partial charge in [-0.2, -0.15) is 0 Å². The molecule has 0 saturated carbocycles. The molecule has 1 aromatic heterocycles. The highest BCUT2D eigenvalue weighted by molar-refractivity contribution is 6.31. The summed E-state index contributed by atoms with van der Waals surface area (Å²) in [5, 5.41) is 4.03. The molecular formula is C18H23Cl3N4O. The number of benzene rings is 1. The average Bonchev–Trinajstić information content (AvgIpc) is 2.62. The van der Waals surface area contributed by atoms with Gasteiger partial charge in [0.1, 0.15) is 5.82 Å². The van der Waals surface area contributed by atoms with Crippen molar-refractivity contribution in [3.05, 3.63) is 58.7 Å². The Hall–Kier alpha value is -1.53. The van der Waals surface area contributed by atoms with Gasteiger partial charge in [0.2, 0.25) is 0 Å². The minimum Gasteiger partial charge on any atom is -0.363 e. The van der Waals surface area contributed by atoms with E-state index in [4.69, 9.17) is 11.6 Å². The Morgan fingerprint density at radius 3 is 2.58 bits per heavy atom. The summed E-state index contributed by atoms with van der Waals surface area (Å²) >= 11 is 6.35. The van der Waals surface area contributed by atoms with Gasteiger partial charge < -0.3 is 15.1 Å². The highest BCUT2D eigenvalue weighted by Crippen LogP contribution is 2.29. The fraction of sp³-hybridized carbons (Fsp3) is 0.333. The van der Waals surface area contributed by atoms with Crippen LogP contribution in [0.15, 0.2) is 42.6 Å². The number of piperazine rings is 1. The van der Waals surface area contributed by atoms with Crippen LogP contribution in [-0.4, -0.2) is 49.5 Å². The molecule has 0 bridgehead atoms. The highest BCUT2D eigenvalue weighted by atomic mass is 35.5. The number of rotatable bonds is 3. The second kappa shape index (κ2) is 9.97. The van der Waals surface area contributed by atoms with Crippen molar-refractivity contribution in [3.8, 4) is 0 Å². The van der Waals surface area contributed by atoms with E-state index in [2.05, 4.69) is 10.3 Å². The van der Waals surface area contributed by atoms with Crippen LogP contribution < -0.4 is 10.2 Å². The second-order valence-corrected chi connectivity index (χ2v) is 6.45. The molecule has 2 heterocycles. The number of hydrogen-bond donors (Lipinski definition) is 1. The van der Waals surface area contributed by atoms with Gasteiger partial charge in [-0.25, -0.2) is 4.98 Å². The molecule has 1 saturated heterocycles. The molecule has 1 aliphatic heterocycles. The third kappa shape index (κ3) is 4.80. The van der Waals surface area contributed by atoms with E-state index in [1.165, 1.54) is 0 Å². The Morgan fingerprint density at radius 1 is 1.23 bits per heavy atom. The first-order valence-corrected chi connectivity index (χ1v) is 8.35. The Morgan fingerprint density at radius 2 is 1.96 bits per heavy atom. The van der Waals surface area contributed by atoms with Crippen molar-refractivity contribution in [2.24, 2.45) is 0 Å². The molecule has 1 atom stereocenters. The monoisotopic (exact) mass is 416 g/mol. The lowest BCUT2D eigenvalue weighted by Gasteiger charge is -2.37. The molecule has 5 nitrogen and oxygen atoms in total. The standard InChI is InChI=1S/C18H21ClN4O.2ClH/c1-22(2)17-8-7-13(11-21-17)18(24)23-10-9-20-12-16(23)14-5-3-4-6-15(14)19;;/h3-8,11,16,20H,9-10,12H2,1-2H3;2*1H. The zero-order chi connectivity index (χ0) is 17.1. The zero-order valence-corrected chi connectivity index (χ0v) is 17.1. The normalized spacial score (nSPS) is 16.3. The van der Waals surface area contributed by atoms with E-state index < -0.39 is 0 Å². The van der Waals surface area contributed by atoms with Gasteiger partial charge in [-0.1, -0.05) is 29.8 Å². The summed E-state index contributed by atoms with van der Waals surface area (Å²) in [6, 6.07) is 11.3. The lowest BCUT2D eigenvalue weighted by atomic mass is 10.0. The third-order valence-electron chi connectivity index (χ3n) is 4.22. The molecule has 0 radical (unpaired) electrons. The number of hydrogen-bond acceptors (Lipinski definition) is 4. The van der Waals surface area contributed by atoms with Gasteiger partial charge in [-0.05, 0) is 23.8 Å². The number of halogens is 3. The first kappa shape index (κ1) is 22.5. The number of nitrogens with zero attached hydrogens (tertiary/aromatic N) is 3. The fourth-order valence-corrected chi connectivity index (χ4v) is 3.18. The van der Waals surface area contributed by atoms with Crippen molar-refractivity contribution < 1.29 is 4.79 Å². The van der Waals surface area contributed by atoms with Crippen LogP contribution in [-0.2, 0) is 0 Å². The minimum absolute atomic E-state index is 0. The van der Waals surface area contributed by atoms with Gasteiger partial charge >= 0.3 is 0 Å². The van der Waals surface area contributed by atoms with E-state index in [0.717, 1.165) is 17.9 Å². The third-order valence-corrected chi connectivity index (χ3v) is 4.57. The number of carbonyl (C=O) groups is 1.